The number of ether oxygens (including phenoxy) is 1. The minimum atomic E-state index is -0.648. The molecule has 0 spiro atoms. The van der Waals surface area contributed by atoms with Gasteiger partial charge in [-0.2, -0.15) is 10.4 Å². The number of carbonyl (C=O) groups excluding carboxylic acids is 2. The first kappa shape index (κ1) is 21.1. The van der Waals surface area contributed by atoms with Gasteiger partial charge in [0.05, 0.1) is 28.8 Å². The predicted octanol–water partition coefficient (Wildman–Crippen LogP) is 3.30. The number of amides is 1. The second-order valence-corrected chi connectivity index (χ2v) is 7.33. The molecule has 0 unspecified atom stereocenters. The van der Waals surface area contributed by atoms with Gasteiger partial charge in [-0.3, -0.25) is 4.79 Å². The van der Waals surface area contributed by atoms with Gasteiger partial charge >= 0.3 is 5.97 Å². The Morgan fingerprint density at radius 3 is 2.70 bits per heavy atom. The molecule has 30 heavy (non-hydrogen) atoms. The third-order valence-electron chi connectivity index (χ3n) is 4.00. The Labute approximate surface area is 177 Å². The summed E-state index contributed by atoms with van der Waals surface area (Å²) >= 11 is 1.31. The molecule has 0 bridgehead atoms. The minimum absolute atomic E-state index is 0.234. The highest BCUT2D eigenvalue weighted by Crippen LogP contribution is 2.26. The first-order chi connectivity index (χ1) is 14.5. The molecule has 3 rings (SSSR count). The number of nitrogens with zero attached hydrogens (tertiary/aromatic N) is 4. The van der Waals surface area contributed by atoms with Crippen molar-refractivity contribution in [1.29, 1.82) is 5.26 Å². The average Bonchev–Trinajstić information content (AvgIpc) is 3.09. The molecule has 152 valence electrons. The van der Waals surface area contributed by atoms with Gasteiger partial charge in [-0.05, 0) is 44.2 Å². The van der Waals surface area contributed by atoms with Gasteiger partial charge < -0.3 is 10.1 Å². The highest BCUT2D eigenvalue weighted by atomic mass is 32.2. The summed E-state index contributed by atoms with van der Waals surface area (Å²) in [6, 6.07) is 14.3. The number of nitrogens with one attached hydrogen (secondary N) is 1. The highest BCUT2D eigenvalue weighted by molar-refractivity contribution is 7.99. The summed E-state index contributed by atoms with van der Waals surface area (Å²) in [5.41, 5.74) is 2.60. The molecule has 1 aromatic carbocycles. The number of hydrogen-bond donors (Lipinski definition) is 1. The van der Waals surface area contributed by atoms with Gasteiger partial charge in [0.2, 0.25) is 0 Å². The lowest BCUT2D eigenvalue weighted by Gasteiger charge is -2.10. The van der Waals surface area contributed by atoms with Crippen LogP contribution in [0.4, 0.5) is 5.69 Å². The largest absolute Gasteiger partial charge is 0.452 e. The van der Waals surface area contributed by atoms with E-state index in [0.29, 0.717) is 11.5 Å². The van der Waals surface area contributed by atoms with Crippen molar-refractivity contribution in [2.45, 2.75) is 18.7 Å². The van der Waals surface area contributed by atoms with Crippen molar-refractivity contribution in [2.75, 3.05) is 17.7 Å². The summed E-state index contributed by atoms with van der Waals surface area (Å²) in [6.07, 6.45) is 1.39. The molecule has 0 saturated heterocycles. The Bertz CT molecular complexity index is 1100. The molecule has 2 aromatic heterocycles. The second kappa shape index (κ2) is 9.71. The number of para-hydroxylation sites is 1. The standard InChI is InChI=1S/C21H19N5O3S/c1-14-11-15(2)26(25-14)19-8-7-16(12-23-19)21(28)29-13-20(27)24-17-5-3-4-6-18(17)30-10-9-22/h3-8,11-12H,10,13H2,1-2H3,(H,24,27). The Kier molecular flexibility index (Phi) is 6.83. The van der Waals surface area contributed by atoms with Gasteiger partial charge in [-0.25, -0.2) is 14.5 Å². The molecule has 0 fully saturated rings. The van der Waals surface area contributed by atoms with Crippen LogP contribution in [0.25, 0.3) is 5.82 Å². The van der Waals surface area contributed by atoms with E-state index in [1.54, 1.807) is 35.0 Å². The second-order valence-electron chi connectivity index (χ2n) is 6.31. The van der Waals surface area contributed by atoms with Crippen molar-refractivity contribution in [3.63, 3.8) is 0 Å². The van der Waals surface area contributed by atoms with Crippen molar-refractivity contribution in [3.05, 3.63) is 65.6 Å². The van der Waals surface area contributed by atoms with Gasteiger partial charge in [0.1, 0.15) is 0 Å². The van der Waals surface area contributed by atoms with E-state index in [9.17, 15) is 9.59 Å². The van der Waals surface area contributed by atoms with E-state index in [4.69, 9.17) is 10.00 Å². The maximum Gasteiger partial charge on any atom is 0.340 e. The van der Waals surface area contributed by atoms with Crippen LogP contribution < -0.4 is 5.32 Å². The number of nitriles is 1. The molecule has 0 saturated carbocycles. The number of aryl methyl sites for hydroxylation is 2. The van der Waals surface area contributed by atoms with Gasteiger partial charge in [0.15, 0.2) is 12.4 Å². The normalized spacial score (nSPS) is 10.3. The lowest BCUT2D eigenvalue weighted by Crippen LogP contribution is -2.21. The van der Waals surface area contributed by atoms with Gasteiger partial charge in [-0.1, -0.05) is 12.1 Å². The number of hydrogen-bond acceptors (Lipinski definition) is 7. The number of pyridine rings is 1. The number of aromatic nitrogens is 3. The molecular weight excluding hydrogens is 402 g/mol. The maximum absolute atomic E-state index is 12.2. The Morgan fingerprint density at radius 2 is 2.03 bits per heavy atom. The minimum Gasteiger partial charge on any atom is -0.452 e. The zero-order valence-electron chi connectivity index (χ0n) is 16.5. The maximum atomic E-state index is 12.2. The summed E-state index contributed by atoms with van der Waals surface area (Å²) < 4.78 is 6.76. The van der Waals surface area contributed by atoms with Crippen LogP contribution in [0, 0.1) is 25.2 Å². The molecule has 3 aromatic rings. The first-order valence-electron chi connectivity index (χ1n) is 9.03. The zero-order valence-corrected chi connectivity index (χ0v) is 17.3. The van der Waals surface area contributed by atoms with Crippen molar-refractivity contribution in [1.82, 2.24) is 14.8 Å². The molecule has 0 atom stereocenters. The topological polar surface area (TPSA) is 110 Å². The molecule has 1 amide bonds. The van der Waals surface area contributed by atoms with Crippen molar-refractivity contribution >= 4 is 29.3 Å². The van der Waals surface area contributed by atoms with Crippen LogP contribution in [0.1, 0.15) is 21.7 Å². The van der Waals surface area contributed by atoms with Crippen molar-refractivity contribution in [2.24, 2.45) is 0 Å². The van der Waals surface area contributed by atoms with E-state index in [2.05, 4.69) is 15.4 Å². The quantitative estimate of drug-likeness (QED) is 0.460. The summed E-state index contributed by atoms with van der Waals surface area (Å²) in [5.74, 6) is -0.269. The van der Waals surface area contributed by atoms with Crippen molar-refractivity contribution < 1.29 is 14.3 Å². The lowest BCUT2D eigenvalue weighted by atomic mass is 10.3. The monoisotopic (exact) mass is 421 g/mol. The molecule has 8 nitrogen and oxygen atoms in total. The SMILES string of the molecule is Cc1cc(C)n(-c2ccc(C(=O)OCC(=O)Nc3ccccc3SCC#N)cn2)n1. The van der Waals surface area contributed by atoms with Crippen LogP contribution in [0.5, 0.6) is 0 Å². The van der Waals surface area contributed by atoms with Crippen LogP contribution in [-0.2, 0) is 9.53 Å². The lowest BCUT2D eigenvalue weighted by molar-refractivity contribution is -0.119. The first-order valence-corrected chi connectivity index (χ1v) is 10.0. The van der Waals surface area contributed by atoms with Gasteiger partial charge in [0.25, 0.3) is 5.91 Å². The highest BCUT2D eigenvalue weighted by Gasteiger charge is 2.13. The Balaban J connectivity index is 1.57. The fraction of sp³-hybridized carbons (Fsp3) is 0.190. The van der Waals surface area contributed by atoms with Crippen LogP contribution in [0.2, 0.25) is 0 Å². The fourth-order valence-corrected chi connectivity index (χ4v) is 3.37. The van der Waals surface area contributed by atoms with Crippen LogP contribution in [-0.4, -0.2) is 39.0 Å². The molecule has 9 heteroatoms. The van der Waals surface area contributed by atoms with Gasteiger partial charge in [0, 0.05) is 16.8 Å². The number of rotatable bonds is 7. The summed E-state index contributed by atoms with van der Waals surface area (Å²) in [7, 11) is 0. The van der Waals surface area contributed by atoms with E-state index < -0.39 is 18.5 Å². The number of thioether (sulfide) groups is 1. The average molecular weight is 421 g/mol. The number of esters is 1. The summed E-state index contributed by atoms with van der Waals surface area (Å²) in [5, 5.41) is 15.8. The molecule has 0 aliphatic rings. The van der Waals surface area contributed by atoms with E-state index in [-0.39, 0.29) is 11.3 Å². The van der Waals surface area contributed by atoms with E-state index >= 15 is 0 Å². The number of benzene rings is 1. The van der Waals surface area contributed by atoms with E-state index in [1.165, 1.54) is 18.0 Å². The fourth-order valence-electron chi connectivity index (χ4n) is 2.70. The third kappa shape index (κ3) is 5.24. The molecule has 2 heterocycles. The summed E-state index contributed by atoms with van der Waals surface area (Å²) in [6.45, 7) is 3.37. The molecule has 0 aliphatic carbocycles. The number of anilines is 1. The third-order valence-corrected chi connectivity index (χ3v) is 4.94. The molecule has 0 aliphatic heterocycles. The molecule has 1 N–H and O–H groups in total. The Hall–Kier alpha value is -3.64. The van der Waals surface area contributed by atoms with E-state index in [1.807, 2.05) is 32.0 Å². The zero-order chi connectivity index (χ0) is 21.5. The predicted molar refractivity (Wildman–Crippen MR) is 113 cm³/mol. The Morgan fingerprint density at radius 1 is 1.23 bits per heavy atom. The van der Waals surface area contributed by atoms with Crippen molar-refractivity contribution in [3.8, 4) is 11.9 Å². The van der Waals surface area contributed by atoms with Crippen LogP contribution in [0.3, 0.4) is 0 Å². The number of carbonyl (C=O) groups is 2. The van der Waals surface area contributed by atoms with Gasteiger partial charge in [-0.15, -0.1) is 11.8 Å². The van der Waals surface area contributed by atoms with Crippen LogP contribution in [0.15, 0.2) is 53.6 Å². The summed E-state index contributed by atoms with van der Waals surface area (Å²) in [4.78, 5) is 29.4. The van der Waals surface area contributed by atoms with E-state index in [0.717, 1.165) is 16.3 Å². The van der Waals surface area contributed by atoms with Crippen LogP contribution >= 0.6 is 11.8 Å². The smallest absolute Gasteiger partial charge is 0.340 e. The molecule has 0 radical (unpaired) electrons. The molecular formula is C21H19N5O3S.